The lowest BCUT2D eigenvalue weighted by atomic mass is 10.1. The summed E-state index contributed by atoms with van der Waals surface area (Å²) in [5, 5.41) is 9.20. The van der Waals surface area contributed by atoms with Crippen molar-refractivity contribution in [2.75, 3.05) is 25.1 Å². The van der Waals surface area contributed by atoms with Gasteiger partial charge < -0.3 is 19.2 Å². The van der Waals surface area contributed by atoms with E-state index in [9.17, 15) is 0 Å². The minimum Gasteiger partial charge on any atom is -0.494 e. The van der Waals surface area contributed by atoms with Crippen LogP contribution in [0.4, 0.5) is 20.3 Å². The highest BCUT2D eigenvalue weighted by atomic mass is 35.5. The SMILES string of the molecule is CCOc1cc(F)c(Cn2nc(-c3ncc(OCCCO[Si](C)(C)C(C)(C)C)c(Nc4ccncc4Cl)n3)c3ccccc32)c(F)c1. The number of nitrogens with one attached hydrogen (secondary N) is 1. The van der Waals surface area contributed by atoms with Gasteiger partial charge in [0.15, 0.2) is 25.7 Å². The molecule has 5 aromatic rings. The average Bonchev–Trinajstić information content (AvgIpc) is 3.38. The van der Waals surface area contributed by atoms with Crippen LogP contribution in [0.5, 0.6) is 11.5 Å². The van der Waals surface area contributed by atoms with Gasteiger partial charge in [-0.2, -0.15) is 5.10 Å². The molecule has 0 unspecified atom stereocenters. The predicted molar refractivity (Wildman–Crippen MR) is 183 cm³/mol. The molecule has 0 aliphatic rings. The summed E-state index contributed by atoms with van der Waals surface area (Å²) >= 11 is 6.41. The number of fused-ring (bicyclic) bond motifs is 1. The molecule has 3 aromatic heterocycles. The highest BCUT2D eigenvalue weighted by molar-refractivity contribution is 6.74. The van der Waals surface area contributed by atoms with Crippen LogP contribution in [0.1, 0.15) is 39.7 Å². The molecule has 0 atom stereocenters. The number of ether oxygens (including phenoxy) is 2. The summed E-state index contributed by atoms with van der Waals surface area (Å²) in [5.41, 5.74) is 1.54. The van der Waals surface area contributed by atoms with E-state index in [0.717, 1.165) is 0 Å². The molecule has 5 rings (SSSR count). The van der Waals surface area contributed by atoms with E-state index in [0.29, 0.717) is 65.1 Å². The summed E-state index contributed by atoms with van der Waals surface area (Å²) in [4.78, 5) is 13.5. The van der Waals surface area contributed by atoms with Crippen molar-refractivity contribution >= 4 is 42.3 Å². The van der Waals surface area contributed by atoms with Crippen LogP contribution >= 0.6 is 11.6 Å². The maximum absolute atomic E-state index is 15.0. The first-order valence-electron chi connectivity index (χ1n) is 15.4. The molecule has 0 bridgehead atoms. The second-order valence-corrected chi connectivity index (χ2v) is 17.7. The van der Waals surface area contributed by atoms with Gasteiger partial charge in [0.1, 0.15) is 23.1 Å². The number of pyridine rings is 1. The number of nitrogens with zero attached hydrogens (tertiary/aromatic N) is 5. The van der Waals surface area contributed by atoms with Gasteiger partial charge in [-0.25, -0.2) is 18.7 Å². The fourth-order valence-electron chi connectivity index (χ4n) is 4.61. The quantitative estimate of drug-likeness (QED) is 0.0974. The van der Waals surface area contributed by atoms with Crippen molar-refractivity contribution in [1.82, 2.24) is 24.7 Å². The maximum atomic E-state index is 15.0. The molecular weight excluding hydrogens is 642 g/mol. The van der Waals surface area contributed by atoms with Crippen molar-refractivity contribution < 1.29 is 22.7 Å². The van der Waals surface area contributed by atoms with Crippen LogP contribution in [0.2, 0.25) is 23.2 Å². The number of anilines is 2. The van der Waals surface area contributed by atoms with E-state index in [1.165, 1.54) is 23.0 Å². The van der Waals surface area contributed by atoms with Gasteiger partial charge in [-0.15, -0.1) is 0 Å². The lowest BCUT2D eigenvalue weighted by Gasteiger charge is -2.36. The molecular formula is C34H39ClF2N6O3Si. The Morgan fingerprint density at radius 2 is 1.74 bits per heavy atom. The molecule has 3 heterocycles. The Kier molecular flexibility index (Phi) is 10.4. The topological polar surface area (TPSA) is 96.2 Å². The van der Waals surface area contributed by atoms with Crippen molar-refractivity contribution in [1.29, 1.82) is 0 Å². The molecule has 2 aromatic carbocycles. The highest BCUT2D eigenvalue weighted by Crippen LogP contribution is 2.37. The van der Waals surface area contributed by atoms with E-state index in [-0.39, 0.29) is 28.7 Å². The molecule has 1 N–H and O–H groups in total. The molecule has 0 aliphatic heterocycles. The highest BCUT2D eigenvalue weighted by Gasteiger charge is 2.36. The molecule has 0 radical (unpaired) electrons. The van der Waals surface area contributed by atoms with Crippen molar-refractivity contribution in [3.8, 4) is 23.0 Å². The number of aromatic nitrogens is 5. The standard InChI is InChI=1S/C34H39ClF2N6O3Si/c1-7-44-22-17-26(36)24(27(37)18-22)21-43-29-12-9-8-11-23(29)31(42-43)33-39-20-30(32(41-33)40-28-13-14-38-19-25(28)35)45-15-10-16-46-47(5,6)34(2,3)4/h8-9,11-14,17-20H,7,10,15-16,21H2,1-6H3,(H,38,39,40,41). The predicted octanol–water partition coefficient (Wildman–Crippen LogP) is 8.80. The molecule has 0 saturated carbocycles. The van der Waals surface area contributed by atoms with E-state index < -0.39 is 20.0 Å². The van der Waals surface area contributed by atoms with E-state index in [4.69, 9.17) is 35.6 Å². The average molecular weight is 681 g/mol. The smallest absolute Gasteiger partial charge is 0.191 e. The maximum Gasteiger partial charge on any atom is 0.191 e. The zero-order chi connectivity index (χ0) is 33.8. The summed E-state index contributed by atoms with van der Waals surface area (Å²) in [6.07, 6.45) is 5.40. The fourth-order valence-corrected chi connectivity index (χ4v) is 5.87. The summed E-state index contributed by atoms with van der Waals surface area (Å²) in [6, 6.07) is 11.5. The number of hydrogen-bond acceptors (Lipinski definition) is 8. The third kappa shape index (κ3) is 7.88. The molecule has 0 spiro atoms. The van der Waals surface area contributed by atoms with Gasteiger partial charge in [0.25, 0.3) is 0 Å². The van der Waals surface area contributed by atoms with Crippen LogP contribution in [0.15, 0.2) is 61.1 Å². The van der Waals surface area contributed by atoms with E-state index in [1.54, 1.807) is 25.4 Å². The second kappa shape index (κ2) is 14.3. The van der Waals surface area contributed by atoms with Crippen molar-refractivity contribution in [3.63, 3.8) is 0 Å². The molecule has 0 aliphatic carbocycles. The van der Waals surface area contributed by atoms with Gasteiger partial charge in [-0.3, -0.25) is 9.67 Å². The lowest BCUT2D eigenvalue weighted by Crippen LogP contribution is -2.41. The Hall–Kier alpha value is -4.13. The van der Waals surface area contributed by atoms with Crippen LogP contribution in [0.25, 0.3) is 22.4 Å². The van der Waals surface area contributed by atoms with Crippen LogP contribution < -0.4 is 14.8 Å². The number of benzene rings is 2. The van der Waals surface area contributed by atoms with Gasteiger partial charge in [-0.05, 0) is 37.2 Å². The van der Waals surface area contributed by atoms with E-state index in [2.05, 4.69) is 49.1 Å². The summed E-state index contributed by atoms with van der Waals surface area (Å²) < 4.78 is 49.3. The van der Waals surface area contributed by atoms with Gasteiger partial charge >= 0.3 is 0 Å². The van der Waals surface area contributed by atoms with Gasteiger partial charge in [0.2, 0.25) is 0 Å². The first kappa shape index (κ1) is 34.2. The third-order valence-electron chi connectivity index (χ3n) is 8.20. The van der Waals surface area contributed by atoms with Crippen molar-refractivity contribution in [2.24, 2.45) is 0 Å². The fraction of sp³-hybridized carbons (Fsp3) is 0.353. The minimum atomic E-state index is -1.87. The Morgan fingerprint density at radius 1 is 1.00 bits per heavy atom. The van der Waals surface area contributed by atoms with Crippen LogP contribution in [-0.2, 0) is 11.0 Å². The van der Waals surface area contributed by atoms with Crippen molar-refractivity contribution in [3.05, 3.63) is 83.3 Å². The van der Waals surface area contributed by atoms with Crippen molar-refractivity contribution in [2.45, 2.75) is 58.8 Å². The summed E-state index contributed by atoms with van der Waals surface area (Å²) in [6.45, 7) is 13.9. The Balaban J connectivity index is 1.45. The largest absolute Gasteiger partial charge is 0.494 e. The zero-order valence-corrected chi connectivity index (χ0v) is 29.2. The van der Waals surface area contributed by atoms with E-state index in [1.807, 2.05) is 24.3 Å². The Bertz CT molecular complexity index is 1840. The number of hydrogen-bond donors (Lipinski definition) is 1. The van der Waals surface area contributed by atoms with Crippen LogP contribution in [0, 0.1) is 11.6 Å². The van der Waals surface area contributed by atoms with Gasteiger partial charge in [-0.1, -0.05) is 50.6 Å². The molecule has 9 nitrogen and oxygen atoms in total. The number of para-hydroxylation sites is 1. The normalized spacial score (nSPS) is 12.0. The summed E-state index contributed by atoms with van der Waals surface area (Å²) in [5.74, 6) is -0.239. The molecule has 0 fully saturated rings. The number of rotatable bonds is 13. The minimum absolute atomic E-state index is 0.117. The lowest BCUT2D eigenvalue weighted by molar-refractivity contribution is 0.233. The monoisotopic (exact) mass is 680 g/mol. The summed E-state index contributed by atoms with van der Waals surface area (Å²) in [7, 11) is -1.87. The van der Waals surface area contributed by atoms with Crippen LogP contribution in [-0.4, -0.2) is 52.9 Å². The first-order valence-corrected chi connectivity index (χ1v) is 18.7. The zero-order valence-electron chi connectivity index (χ0n) is 27.4. The first-order chi connectivity index (χ1) is 22.4. The van der Waals surface area contributed by atoms with Crippen LogP contribution in [0.3, 0.4) is 0 Å². The van der Waals surface area contributed by atoms with E-state index >= 15 is 8.78 Å². The van der Waals surface area contributed by atoms with Gasteiger partial charge in [0, 0.05) is 48.5 Å². The molecule has 248 valence electrons. The molecule has 47 heavy (non-hydrogen) atoms. The molecule has 13 heteroatoms. The second-order valence-electron chi connectivity index (χ2n) is 12.5. The van der Waals surface area contributed by atoms with Gasteiger partial charge in [0.05, 0.1) is 42.2 Å². The molecule has 0 amide bonds. The number of halogens is 3. The third-order valence-corrected chi connectivity index (χ3v) is 13.0. The Labute approximate surface area is 279 Å². The Morgan fingerprint density at radius 3 is 2.45 bits per heavy atom. The molecule has 0 saturated heterocycles.